The summed E-state index contributed by atoms with van der Waals surface area (Å²) in [5, 5.41) is 6.39. The van der Waals surface area contributed by atoms with Crippen molar-refractivity contribution in [2.24, 2.45) is 0 Å². The quantitative estimate of drug-likeness (QED) is 0.827. The van der Waals surface area contributed by atoms with Gasteiger partial charge in [0, 0.05) is 25.3 Å². The Kier molecular flexibility index (Phi) is 6.01. The van der Waals surface area contributed by atoms with Gasteiger partial charge in [-0.2, -0.15) is 0 Å². The molecule has 7 heteroatoms. The van der Waals surface area contributed by atoms with E-state index in [0.717, 1.165) is 37.3 Å². The molecule has 1 aliphatic carbocycles. The molecule has 0 bridgehead atoms. The van der Waals surface area contributed by atoms with E-state index in [4.69, 9.17) is 4.74 Å². The SMILES string of the molecule is O=C(Nc1ccccc1N1CCOCC1)c1ccnc(NC2CCCCC2)n1. The molecule has 0 atom stereocenters. The number of anilines is 3. The van der Waals surface area contributed by atoms with Gasteiger partial charge in [-0.3, -0.25) is 4.79 Å². The summed E-state index contributed by atoms with van der Waals surface area (Å²) in [6.45, 7) is 3.03. The van der Waals surface area contributed by atoms with Crippen molar-refractivity contribution in [3.63, 3.8) is 0 Å². The summed E-state index contributed by atoms with van der Waals surface area (Å²) in [7, 11) is 0. The zero-order chi connectivity index (χ0) is 19.2. The topological polar surface area (TPSA) is 79.4 Å². The van der Waals surface area contributed by atoms with Crippen LogP contribution in [0.3, 0.4) is 0 Å². The molecule has 2 N–H and O–H groups in total. The molecule has 1 saturated heterocycles. The predicted octanol–water partition coefficient (Wildman–Crippen LogP) is 3.31. The molecule has 1 aliphatic heterocycles. The second-order valence-electron chi connectivity index (χ2n) is 7.32. The van der Waals surface area contributed by atoms with Gasteiger partial charge >= 0.3 is 0 Å². The lowest BCUT2D eigenvalue weighted by Crippen LogP contribution is -2.36. The molecule has 28 heavy (non-hydrogen) atoms. The Bertz CT molecular complexity index is 801. The van der Waals surface area contributed by atoms with E-state index >= 15 is 0 Å². The third-order valence-corrected chi connectivity index (χ3v) is 5.33. The van der Waals surface area contributed by atoms with Gasteiger partial charge in [0.05, 0.1) is 24.6 Å². The minimum absolute atomic E-state index is 0.227. The van der Waals surface area contributed by atoms with Crippen LogP contribution in [0.4, 0.5) is 17.3 Å². The molecule has 1 aromatic carbocycles. The van der Waals surface area contributed by atoms with Crippen LogP contribution in [0.1, 0.15) is 42.6 Å². The Balaban J connectivity index is 1.46. The number of nitrogens with zero attached hydrogens (tertiary/aromatic N) is 3. The zero-order valence-electron chi connectivity index (χ0n) is 16.1. The minimum Gasteiger partial charge on any atom is -0.378 e. The molecule has 7 nitrogen and oxygen atoms in total. The number of morpholine rings is 1. The lowest BCUT2D eigenvalue weighted by atomic mass is 9.96. The molecule has 0 radical (unpaired) electrons. The smallest absolute Gasteiger partial charge is 0.274 e. The van der Waals surface area contributed by atoms with E-state index in [-0.39, 0.29) is 5.91 Å². The number of rotatable bonds is 5. The van der Waals surface area contributed by atoms with Gasteiger partial charge in [0.2, 0.25) is 5.95 Å². The highest BCUT2D eigenvalue weighted by atomic mass is 16.5. The molecular formula is C21H27N5O2. The molecule has 1 aromatic heterocycles. The summed E-state index contributed by atoms with van der Waals surface area (Å²) in [6.07, 6.45) is 7.66. The van der Waals surface area contributed by atoms with Gasteiger partial charge in [-0.05, 0) is 31.0 Å². The number of hydrogen-bond acceptors (Lipinski definition) is 6. The molecular weight excluding hydrogens is 354 g/mol. The van der Waals surface area contributed by atoms with Gasteiger partial charge in [0.25, 0.3) is 5.91 Å². The van der Waals surface area contributed by atoms with Crippen molar-refractivity contribution in [1.29, 1.82) is 0 Å². The summed E-state index contributed by atoms with van der Waals surface area (Å²) >= 11 is 0. The summed E-state index contributed by atoms with van der Waals surface area (Å²) in [5.41, 5.74) is 2.16. The molecule has 1 amide bonds. The number of nitrogens with one attached hydrogen (secondary N) is 2. The van der Waals surface area contributed by atoms with E-state index in [1.807, 2.05) is 24.3 Å². The van der Waals surface area contributed by atoms with Crippen LogP contribution in [0.2, 0.25) is 0 Å². The fraction of sp³-hybridized carbons (Fsp3) is 0.476. The third-order valence-electron chi connectivity index (χ3n) is 5.33. The normalized spacial score (nSPS) is 17.9. The van der Waals surface area contributed by atoms with Crippen LogP contribution in [0.15, 0.2) is 36.5 Å². The number of carbonyl (C=O) groups excluding carboxylic acids is 1. The first kappa shape index (κ1) is 18.7. The van der Waals surface area contributed by atoms with Gasteiger partial charge in [-0.15, -0.1) is 0 Å². The maximum atomic E-state index is 12.8. The van der Waals surface area contributed by atoms with Crippen LogP contribution in [-0.4, -0.2) is 48.2 Å². The summed E-state index contributed by atoms with van der Waals surface area (Å²) < 4.78 is 5.43. The third kappa shape index (κ3) is 4.59. The highest BCUT2D eigenvalue weighted by Gasteiger charge is 2.18. The summed E-state index contributed by atoms with van der Waals surface area (Å²) in [6, 6.07) is 9.90. The fourth-order valence-corrected chi connectivity index (χ4v) is 3.83. The van der Waals surface area contributed by atoms with Crippen LogP contribution < -0.4 is 15.5 Å². The van der Waals surface area contributed by atoms with Crippen molar-refractivity contribution in [2.45, 2.75) is 38.1 Å². The van der Waals surface area contributed by atoms with E-state index < -0.39 is 0 Å². The fourth-order valence-electron chi connectivity index (χ4n) is 3.83. The molecule has 1 saturated carbocycles. The van der Waals surface area contributed by atoms with Crippen molar-refractivity contribution < 1.29 is 9.53 Å². The maximum Gasteiger partial charge on any atom is 0.274 e. The van der Waals surface area contributed by atoms with Gasteiger partial charge in [0.15, 0.2) is 0 Å². The number of para-hydroxylation sites is 2. The second kappa shape index (κ2) is 9.01. The monoisotopic (exact) mass is 381 g/mol. The van der Waals surface area contributed by atoms with E-state index in [2.05, 4.69) is 25.5 Å². The van der Waals surface area contributed by atoms with Gasteiger partial charge in [0.1, 0.15) is 5.69 Å². The average molecular weight is 381 g/mol. The van der Waals surface area contributed by atoms with Crippen LogP contribution in [0.5, 0.6) is 0 Å². The van der Waals surface area contributed by atoms with Crippen LogP contribution in [0, 0.1) is 0 Å². The Labute approximate surface area is 165 Å². The van der Waals surface area contributed by atoms with Crippen molar-refractivity contribution in [3.8, 4) is 0 Å². The minimum atomic E-state index is -0.227. The predicted molar refractivity (Wildman–Crippen MR) is 110 cm³/mol. The number of benzene rings is 1. The second-order valence-corrected chi connectivity index (χ2v) is 7.32. The molecule has 2 aliphatic rings. The first-order chi connectivity index (χ1) is 13.8. The zero-order valence-corrected chi connectivity index (χ0v) is 16.1. The number of aromatic nitrogens is 2. The molecule has 4 rings (SSSR count). The number of amides is 1. The highest BCUT2D eigenvalue weighted by molar-refractivity contribution is 6.04. The number of ether oxygens (including phenoxy) is 1. The van der Waals surface area contributed by atoms with E-state index in [9.17, 15) is 4.79 Å². The van der Waals surface area contributed by atoms with Gasteiger partial charge in [-0.25, -0.2) is 9.97 Å². The van der Waals surface area contributed by atoms with E-state index in [0.29, 0.717) is 30.9 Å². The number of carbonyl (C=O) groups is 1. The molecule has 2 heterocycles. The van der Waals surface area contributed by atoms with Crippen LogP contribution >= 0.6 is 0 Å². The Morgan fingerprint density at radius 1 is 1.07 bits per heavy atom. The lowest BCUT2D eigenvalue weighted by molar-refractivity contribution is 0.102. The Morgan fingerprint density at radius 2 is 1.86 bits per heavy atom. The van der Waals surface area contributed by atoms with Crippen molar-refractivity contribution in [3.05, 3.63) is 42.2 Å². The Hall–Kier alpha value is -2.67. The lowest BCUT2D eigenvalue weighted by Gasteiger charge is -2.30. The largest absolute Gasteiger partial charge is 0.378 e. The van der Waals surface area contributed by atoms with Crippen molar-refractivity contribution in [2.75, 3.05) is 41.8 Å². The van der Waals surface area contributed by atoms with Crippen molar-refractivity contribution >= 4 is 23.2 Å². The Morgan fingerprint density at radius 3 is 2.68 bits per heavy atom. The molecule has 0 unspecified atom stereocenters. The summed E-state index contributed by atoms with van der Waals surface area (Å²) in [4.78, 5) is 23.8. The van der Waals surface area contributed by atoms with Gasteiger partial charge < -0.3 is 20.3 Å². The molecule has 0 spiro atoms. The maximum absolute atomic E-state index is 12.8. The van der Waals surface area contributed by atoms with Crippen LogP contribution in [-0.2, 0) is 4.74 Å². The standard InChI is InChI=1S/C21H27N5O2/c27-20(18-10-11-22-21(25-18)23-16-6-2-1-3-7-16)24-17-8-4-5-9-19(17)26-12-14-28-15-13-26/h4-5,8-11,16H,1-3,6-7,12-15H2,(H,24,27)(H,22,23,25). The number of hydrogen-bond donors (Lipinski definition) is 2. The molecule has 2 aromatic rings. The molecule has 148 valence electrons. The van der Waals surface area contributed by atoms with E-state index in [1.165, 1.54) is 19.3 Å². The average Bonchev–Trinajstić information content (AvgIpc) is 2.76. The molecule has 2 fully saturated rings. The van der Waals surface area contributed by atoms with Crippen LogP contribution in [0.25, 0.3) is 0 Å². The highest BCUT2D eigenvalue weighted by Crippen LogP contribution is 2.27. The first-order valence-corrected chi connectivity index (χ1v) is 10.1. The first-order valence-electron chi connectivity index (χ1n) is 10.1. The van der Waals surface area contributed by atoms with E-state index in [1.54, 1.807) is 12.3 Å². The van der Waals surface area contributed by atoms with Crippen molar-refractivity contribution in [1.82, 2.24) is 9.97 Å². The van der Waals surface area contributed by atoms with Gasteiger partial charge in [-0.1, -0.05) is 31.4 Å². The summed E-state index contributed by atoms with van der Waals surface area (Å²) in [5.74, 6) is 0.302.